The van der Waals surface area contributed by atoms with Gasteiger partial charge in [-0.05, 0) is 12.1 Å². The van der Waals surface area contributed by atoms with Crippen LogP contribution in [-0.2, 0) is 24.0 Å². The highest BCUT2D eigenvalue weighted by Gasteiger charge is 2.12. The lowest BCUT2D eigenvalue weighted by molar-refractivity contribution is -0.118. The van der Waals surface area contributed by atoms with Gasteiger partial charge < -0.3 is 14.7 Å². The van der Waals surface area contributed by atoms with Gasteiger partial charge in [0.1, 0.15) is 11.3 Å². The van der Waals surface area contributed by atoms with Crippen molar-refractivity contribution in [2.75, 3.05) is 0 Å². The Morgan fingerprint density at radius 1 is 1.36 bits per heavy atom. The monoisotopic (exact) mass is 317 g/mol. The van der Waals surface area contributed by atoms with Crippen LogP contribution in [-0.4, -0.2) is 25.7 Å². The first-order valence-electron chi connectivity index (χ1n) is 6.77. The van der Waals surface area contributed by atoms with Crippen molar-refractivity contribution in [3.8, 4) is 0 Å². The van der Waals surface area contributed by atoms with Crippen LogP contribution in [0.4, 0.5) is 0 Å². The first kappa shape index (κ1) is 14.6. The molecule has 22 heavy (non-hydrogen) atoms. The maximum absolute atomic E-state index is 10.8. The number of nitrogens with zero attached hydrogens (tertiary/aromatic N) is 4. The molecule has 0 unspecified atom stereocenters. The maximum Gasteiger partial charge on any atom is 0.217 e. The van der Waals surface area contributed by atoms with E-state index in [9.17, 15) is 4.79 Å². The van der Waals surface area contributed by atoms with Crippen LogP contribution in [0.3, 0.4) is 0 Å². The van der Waals surface area contributed by atoms with Crippen LogP contribution < -0.4 is 5.73 Å². The number of nitrogens with two attached hydrogens (primary N) is 1. The number of amides is 1. The molecule has 0 bridgehead atoms. The third-order valence-electron chi connectivity index (χ3n) is 3.18. The van der Waals surface area contributed by atoms with Gasteiger partial charge in [-0.25, -0.2) is 4.98 Å². The summed E-state index contributed by atoms with van der Waals surface area (Å²) in [5.74, 6) is 1.60. The maximum atomic E-state index is 10.8. The van der Waals surface area contributed by atoms with Gasteiger partial charge in [0, 0.05) is 19.9 Å². The van der Waals surface area contributed by atoms with E-state index in [-0.39, 0.29) is 12.3 Å². The highest BCUT2D eigenvalue weighted by molar-refractivity contribution is 7.98. The van der Waals surface area contributed by atoms with Crippen molar-refractivity contribution in [2.24, 2.45) is 12.8 Å². The molecule has 2 heterocycles. The molecule has 1 aromatic carbocycles. The summed E-state index contributed by atoms with van der Waals surface area (Å²) in [6, 6.07) is 7.64. The van der Waals surface area contributed by atoms with E-state index in [0.717, 1.165) is 22.1 Å². The van der Waals surface area contributed by atoms with Crippen molar-refractivity contribution in [1.29, 1.82) is 0 Å². The van der Waals surface area contributed by atoms with Gasteiger partial charge in [-0.3, -0.25) is 4.79 Å². The Morgan fingerprint density at radius 2 is 2.18 bits per heavy atom. The summed E-state index contributed by atoms with van der Waals surface area (Å²) in [6.07, 6.45) is 0.754. The van der Waals surface area contributed by atoms with Crippen LogP contribution in [0.15, 0.2) is 33.8 Å². The van der Waals surface area contributed by atoms with Crippen molar-refractivity contribution in [1.82, 2.24) is 19.7 Å². The van der Waals surface area contributed by atoms with E-state index in [4.69, 9.17) is 10.2 Å². The largest absolute Gasteiger partial charge is 0.440 e. The molecule has 7 nitrogen and oxygen atoms in total. The van der Waals surface area contributed by atoms with Gasteiger partial charge in [-0.15, -0.1) is 10.2 Å². The predicted octanol–water partition coefficient (Wildman–Crippen LogP) is 1.67. The highest BCUT2D eigenvalue weighted by Crippen LogP contribution is 2.23. The summed E-state index contributed by atoms with van der Waals surface area (Å²) in [5, 5.41) is 8.94. The number of hydrogen-bond donors (Lipinski definition) is 1. The molecule has 0 spiro atoms. The molecule has 0 aliphatic rings. The Morgan fingerprint density at radius 3 is 2.95 bits per heavy atom. The summed E-state index contributed by atoms with van der Waals surface area (Å²) in [6.45, 7) is 0. The molecule has 2 aromatic heterocycles. The molecule has 1 amide bonds. The average molecular weight is 317 g/mol. The van der Waals surface area contributed by atoms with Crippen LogP contribution >= 0.6 is 11.8 Å². The quantitative estimate of drug-likeness (QED) is 0.694. The molecule has 0 aliphatic heterocycles. The van der Waals surface area contributed by atoms with Crippen molar-refractivity contribution >= 4 is 28.8 Å². The van der Waals surface area contributed by atoms with Gasteiger partial charge >= 0.3 is 0 Å². The van der Waals surface area contributed by atoms with Crippen molar-refractivity contribution < 1.29 is 9.21 Å². The van der Waals surface area contributed by atoms with E-state index < -0.39 is 0 Å². The standard InChI is InChI=1S/C14H15N5O2S/c1-19-12(7-6-11(15)20)17-18-14(19)22-8-13-16-9-4-2-3-5-10(9)21-13/h2-5H,6-8H2,1H3,(H2,15,20). The first-order valence-corrected chi connectivity index (χ1v) is 7.76. The topological polar surface area (TPSA) is 99.8 Å². The van der Waals surface area contributed by atoms with Crippen LogP contribution in [0.25, 0.3) is 11.1 Å². The molecular formula is C14H15N5O2S. The lowest BCUT2D eigenvalue weighted by Gasteiger charge is -2.01. The number of oxazole rings is 1. The minimum absolute atomic E-state index is 0.266. The third kappa shape index (κ3) is 3.11. The van der Waals surface area contributed by atoms with Crippen molar-refractivity contribution in [3.05, 3.63) is 36.0 Å². The lowest BCUT2D eigenvalue weighted by atomic mass is 10.3. The summed E-state index contributed by atoms with van der Waals surface area (Å²) >= 11 is 1.49. The fourth-order valence-electron chi connectivity index (χ4n) is 2.03. The smallest absolute Gasteiger partial charge is 0.217 e. The summed E-state index contributed by atoms with van der Waals surface area (Å²) in [5.41, 5.74) is 6.77. The molecule has 0 fully saturated rings. The normalized spacial score (nSPS) is 11.1. The highest BCUT2D eigenvalue weighted by atomic mass is 32.2. The third-order valence-corrected chi connectivity index (χ3v) is 4.19. The summed E-state index contributed by atoms with van der Waals surface area (Å²) in [4.78, 5) is 15.2. The predicted molar refractivity (Wildman–Crippen MR) is 82.1 cm³/mol. The molecule has 3 rings (SSSR count). The lowest BCUT2D eigenvalue weighted by Crippen LogP contribution is -2.12. The Hall–Kier alpha value is -2.35. The molecule has 0 radical (unpaired) electrons. The van der Waals surface area contributed by atoms with E-state index in [1.165, 1.54) is 11.8 Å². The number of hydrogen-bond acceptors (Lipinski definition) is 6. The van der Waals surface area contributed by atoms with Crippen LogP contribution in [0, 0.1) is 0 Å². The van der Waals surface area contributed by atoms with Gasteiger partial charge in [0.05, 0.1) is 5.75 Å². The average Bonchev–Trinajstić information content (AvgIpc) is 3.06. The number of para-hydroxylation sites is 2. The SMILES string of the molecule is Cn1c(CCC(N)=O)nnc1SCc1nc2ccccc2o1. The number of aryl methyl sites for hydroxylation is 1. The van der Waals surface area contributed by atoms with Crippen LogP contribution in [0.2, 0.25) is 0 Å². The van der Waals surface area contributed by atoms with E-state index in [1.54, 1.807) is 0 Å². The number of carbonyl (C=O) groups is 1. The second-order valence-electron chi connectivity index (χ2n) is 4.79. The van der Waals surface area contributed by atoms with Crippen molar-refractivity contribution in [3.63, 3.8) is 0 Å². The molecule has 0 saturated heterocycles. The van der Waals surface area contributed by atoms with Gasteiger partial charge in [0.2, 0.25) is 11.8 Å². The fourth-order valence-corrected chi connectivity index (χ4v) is 2.81. The van der Waals surface area contributed by atoms with Crippen molar-refractivity contribution in [2.45, 2.75) is 23.8 Å². The van der Waals surface area contributed by atoms with Gasteiger partial charge in [0.15, 0.2) is 10.7 Å². The second-order valence-corrected chi connectivity index (χ2v) is 5.73. The molecule has 3 aromatic rings. The zero-order chi connectivity index (χ0) is 15.5. The Balaban J connectivity index is 1.67. The molecule has 0 aliphatic carbocycles. The van der Waals surface area contributed by atoms with Gasteiger partial charge in [-0.2, -0.15) is 0 Å². The number of thioether (sulfide) groups is 1. The number of aromatic nitrogens is 4. The minimum Gasteiger partial charge on any atom is -0.440 e. The number of primary amides is 1. The first-order chi connectivity index (χ1) is 10.6. The second kappa shape index (κ2) is 6.18. The van der Waals surface area contributed by atoms with E-state index in [2.05, 4.69) is 15.2 Å². The van der Waals surface area contributed by atoms with Crippen LogP contribution in [0.5, 0.6) is 0 Å². The Kier molecular flexibility index (Phi) is 4.10. The van der Waals surface area contributed by atoms with Gasteiger partial charge in [0.25, 0.3) is 0 Å². The van der Waals surface area contributed by atoms with E-state index in [1.807, 2.05) is 35.9 Å². The Bertz CT molecular complexity index is 778. The minimum atomic E-state index is -0.344. The molecular weight excluding hydrogens is 302 g/mol. The number of carbonyl (C=O) groups excluding carboxylic acids is 1. The molecule has 0 saturated carbocycles. The van der Waals surface area contributed by atoms with E-state index >= 15 is 0 Å². The summed E-state index contributed by atoms with van der Waals surface area (Å²) < 4.78 is 7.52. The van der Waals surface area contributed by atoms with Crippen LogP contribution in [0.1, 0.15) is 18.1 Å². The summed E-state index contributed by atoms with van der Waals surface area (Å²) in [7, 11) is 1.87. The number of benzene rings is 1. The Labute approximate surface area is 130 Å². The zero-order valence-corrected chi connectivity index (χ0v) is 12.8. The molecule has 114 valence electrons. The molecule has 8 heteroatoms. The number of fused-ring (bicyclic) bond motifs is 1. The van der Waals surface area contributed by atoms with E-state index in [0.29, 0.717) is 18.1 Å². The molecule has 0 atom stereocenters. The van der Waals surface area contributed by atoms with Gasteiger partial charge in [-0.1, -0.05) is 23.9 Å². The zero-order valence-electron chi connectivity index (χ0n) is 12.0. The fraction of sp³-hybridized carbons (Fsp3) is 0.286. The number of rotatable bonds is 6. The molecule has 2 N–H and O–H groups in total.